The fourth-order valence-electron chi connectivity index (χ4n) is 1.44. The van der Waals surface area contributed by atoms with Gasteiger partial charge in [0.15, 0.2) is 0 Å². The van der Waals surface area contributed by atoms with Crippen LogP contribution >= 0.6 is 0 Å². The number of anilines is 1. The summed E-state index contributed by atoms with van der Waals surface area (Å²) in [6, 6.07) is 4.96. The minimum absolute atomic E-state index is 0.342. The first kappa shape index (κ1) is 14.4. The summed E-state index contributed by atoms with van der Waals surface area (Å²) >= 11 is 0. The van der Waals surface area contributed by atoms with E-state index in [1.165, 1.54) is 0 Å². The fraction of sp³-hybridized carbons (Fsp3) is 0.500. The van der Waals surface area contributed by atoms with Gasteiger partial charge in [-0.05, 0) is 31.4 Å². The SMILES string of the molecule is CCOC(=O)c1ccc(N)cc1OCCC(C)C. The molecule has 0 bridgehead atoms. The molecule has 0 unspecified atom stereocenters. The first-order chi connectivity index (χ1) is 8.54. The molecule has 4 heteroatoms. The van der Waals surface area contributed by atoms with Crippen molar-refractivity contribution in [2.45, 2.75) is 27.2 Å². The number of rotatable bonds is 6. The molecule has 0 atom stereocenters. The quantitative estimate of drug-likeness (QED) is 0.623. The van der Waals surface area contributed by atoms with Crippen LogP contribution < -0.4 is 10.5 Å². The summed E-state index contributed by atoms with van der Waals surface area (Å²) in [5, 5.41) is 0. The molecule has 4 nitrogen and oxygen atoms in total. The third-order valence-electron chi connectivity index (χ3n) is 2.45. The summed E-state index contributed by atoms with van der Waals surface area (Å²) in [5.41, 5.74) is 6.70. The number of hydrogen-bond donors (Lipinski definition) is 1. The molecular formula is C14H21NO3. The number of esters is 1. The summed E-state index contributed by atoms with van der Waals surface area (Å²) in [6.45, 7) is 6.92. The van der Waals surface area contributed by atoms with Crippen molar-refractivity contribution in [1.29, 1.82) is 0 Å². The number of benzene rings is 1. The molecule has 1 aromatic rings. The topological polar surface area (TPSA) is 61.5 Å². The first-order valence-electron chi connectivity index (χ1n) is 6.24. The van der Waals surface area contributed by atoms with E-state index in [0.29, 0.717) is 36.1 Å². The molecule has 0 fully saturated rings. The van der Waals surface area contributed by atoms with Crippen LogP contribution in [0.4, 0.5) is 5.69 Å². The molecule has 0 heterocycles. The van der Waals surface area contributed by atoms with Crippen LogP contribution in [0.2, 0.25) is 0 Å². The molecule has 0 aromatic heterocycles. The van der Waals surface area contributed by atoms with Crippen molar-refractivity contribution in [2.24, 2.45) is 5.92 Å². The second-order valence-corrected chi connectivity index (χ2v) is 4.51. The molecule has 0 saturated carbocycles. The third-order valence-corrected chi connectivity index (χ3v) is 2.45. The molecule has 18 heavy (non-hydrogen) atoms. The lowest BCUT2D eigenvalue weighted by Crippen LogP contribution is -2.10. The Balaban J connectivity index is 2.79. The van der Waals surface area contributed by atoms with Gasteiger partial charge >= 0.3 is 5.97 Å². The molecule has 0 aliphatic carbocycles. The van der Waals surface area contributed by atoms with Crippen molar-refractivity contribution >= 4 is 11.7 Å². The average molecular weight is 251 g/mol. The highest BCUT2D eigenvalue weighted by Crippen LogP contribution is 2.23. The normalized spacial score (nSPS) is 10.4. The van der Waals surface area contributed by atoms with E-state index in [2.05, 4.69) is 13.8 Å². The van der Waals surface area contributed by atoms with Crippen molar-refractivity contribution in [2.75, 3.05) is 18.9 Å². The van der Waals surface area contributed by atoms with Crippen LogP contribution in [0.25, 0.3) is 0 Å². The van der Waals surface area contributed by atoms with Gasteiger partial charge in [0.2, 0.25) is 0 Å². The molecule has 0 aliphatic heterocycles. The Kier molecular flexibility index (Phi) is 5.49. The zero-order valence-corrected chi connectivity index (χ0v) is 11.2. The van der Waals surface area contributed by atoms with E-state index >= 15 is 0 Å². The molecule has 0 spiro atoms. The van der Waals surface area contributed by atoms with Crippen molar-refractivity contribution < 1.29 is 14.3 Å². The van der Waals surface area contributed by atoms with E-state index in [-0.39, 0.29) is 5.97 Å². The van der Waals surface area contributed by atoms with Crippen LogP contribution in [0.15, 0.2) is 18.2 Å². The first-order valence-corrected chi connectivity index (χ1v) is 6.24. The van der Waals surface area contributed by atoms with Gasteiger partial charge in [0.05, 0.1) is 13.2 Å². The number of ether oxygens (including phenoxy) is 2. The summed E-state index contributed by atoms with van der Waals surface area (Å²) < 4.78 is 10.6. The second kappa shape index (κ2) is 6.89. The van der Waals surface area contributed by atoms with Gasteiger partial charge in [-0.1, -0.05) is 13.8 Å². The van der Waals surface area contributed by atoms with E-state index in [1.807, 2.05) is 0 Å². The van der Waals surface area contributed by atoms with Crippen LogP contribution in [-0.2, 0) is 4.74 Å². The predicted molar refractivity (Wildman–Crippen MR) is 71.8 cm³/mol. The zero-order chi connectivity index (χ0) is 13.5. The van der Waals surface area contributed by atoms with Crippen LogP contribution in [-0.4, -0.2) is 19.2 Å². The van der Waals surface area contributed by atoms with Crippen LogP contribution in [0.1, 0.15) is 37.6 Å². The fourth-order valence-corrected chi connectivity index (χ4v) is 1.44. The Morgan fingerprint density at radius 1 is 1.39 bits per heavy atom. The lowest BCUT2D eigenvalue weighted by molar-refractivity contribution is 0.0521. The molecule has 2 N–H and O–H groups in total. The van der Waals surface area contributed by atoms with Crippen molar-refractivity contribution in [1.82, 2.24) is 0 Å². The van der Waals surface area contributed by atoms with E-state index in [0.717, 1.165) is 6.42 Å². The summed E-state index contributed by atoms with van der Waals surface area (Å²) in [6.07, 6.45) is 0.928. The van der Waals surface area contributed by atoms with Crippen molar-refractivity contribution in [3.63, 3.8) is 0 Å². The van der Waals surface area contributed by atoms with Crippen LogP contribution in [0, 0.1) is 5.92 Å². The lowest BCUT2D eigenvalue weighted by Gasteiger charge is -2.12. The Morgan fingerprint density at radius 3 is 2.72 bits per heavy atom. The highest BCUT2D eigenvalue weighted by atomic mass is 16.5. The summed E-state index contributed by atoms with van der Waals surface area (Å²) in [4.78, 5) is 11.7. The highest BCUT2D eigenvalue weighted by molar-refractivity contribution is 5.93. The number of carbonyl (C=O) groups excluding carboxylic acids is 1. The number of hydrogen-bond acceptors (Lipinski definition) is 4. The van der Waals surface area contributed by atoms with Crippen LogP contribution in [0.3, 0.4) is 0 Å². The molecule has 1 aromatic carbocycles. The second-order valence-electron chi connectivity index (χ2n) is 4.51. The van der Waals surface area contributed by atoms with E-state index < -0.39 is 0 Å². The molecule has 1 rings (SSSR count). The largest absolute Gasteiger partial charge is 0.493 e. The minimum atomic E-state index is -0.378. The predicted octanol–water partition coefficient (Wildman–Crippen LogP) is 2.87. The maximum atomic E-state index is 11.7. The van der Waals surface area contributed by atoms with Gasteiger partial charge in [0.25, 0.3) is 0 Å². The van der Waals surface area contributed by atoms with Gasteiger partial charge in [-0.25, -0.2) is 4.79 Å². The molecular weight excluding hydrogens is 230 g/mol. The number of nitrogen functional groups attached to an aromatic ring is 1. The monoisotopic (exact) mass is 251 g/mol. The smallest absolute Gasteiger partial charge is 0.341 e. The van der Waals surface area contributed by atoms with Gasteiger partial charge in [-0.15, -0.1) is 0 Å². The standard InChI is InChI=1S/C14H21NO3/c1-4-17-14(16)12-6-5-11(15)9-13(12)18-8-7-10(2)3/h5-6,9-10H,4,7-8,15H2,1-3H3. The Hall–Kier alpha value is -1.71. The van der Waals surface area contributed by atoms with Crippen molar-refractivity contribution in [3.05, 3.63) is 23.8 Å². The molecule has 0 saturated heterocycles. The van der Waals surface area contributed by atoms with Gasteiger partial charge < -0.3 is 15.2 Å². The Morgan fingerprint density at radius 2 is 2.11 bits per heavy atom. The third kappa shape index (κ3) is 4.28. The molecule has 0 aliphatic rings. The van der Waals surface area contributed by atoms with E-state index in [1.54, 1.807) is 25.1 Å². The summed E-state index contributed by atoms with van der Waals surface area (Å²) in [5.74, 6) is 0.670. The number of carbonyl (C=O) groups is 1. The van der Waals surface area contributed by atoms with Crippen LogP contribution in [0.5, 0.6) is 5.75 Å². The van der Waals surface area contributed by atoms with E-state index in [9.17, 15) is 4.79 Å². The van der Waals surface area contributed by atoms with Gasteiger partial charge in [0, 0.05) is 11.8 Å². The van der Waals surface area contributed by atoms with Gasteiger partial charge in [-0.3, -0.25) is 0 Å². The highest BCUT2D eigenvalue weighted by Gasteiger charge is 2.14. The lowest BCUT2D eigenvalue weighted by atomic mass is 10.1. The zero-order valence-electron chi connectivity index (χ0n) is 11.2. The summed E-state index contributed by atoms with van der Waals surface area (Å²) in [7, 11) is 0. The maximum Gasteiger partial charge on any atom is 0.341 e. The number of nitrogens with two attached hydrogens (primary N) is 1. The average Bonchev–Trinajstić information content (AvgIpc) is 2.29. The molecule has 0 radical (unpaired) electrons. The van der Waals surface area contributed by atoms with E-state index in [4.69, 9.17) is 15.2 Å². The minimum Gasteiger partial charge on any atom is -0.493 e. The maximum absolute atomic E-state index is 11.7. The molecule has 0 amide bonds. The molecule has 100 valence electrons. The van der Waals surface area contributed by atoms with Gasteiger partial charge in [-0.2, -0.15) is 0 Å². The van der Waals surface area contributed by atoms with Crippen molar-refractivity contribution in [3.8, 4) is 5.75 Å². The Labute approximate surface area is 108 Å². The Bertz CT molecular complexity index is 402. The van der Waals surface area contributed by atoms with Gasteiger partial charge in [0.1, 0.15) is 11.3 Å².